The van der Waals surface area contributed by atoms with Crippen molar-refractivity contribution in [3.8, 4) is 17.6 Å². The Kier molecular flexibility index (Phi) is 11.5. The number of rotatable bonds is 1. The first-order chi connectivity index (χ1) is 23.5. The summed E-state index contributed by atoms with van der Waals surface area (Å²) < 4.78 is 41.2. The number of aryl methyl sites for hydroxylation is 1. The second-order valence-electron chi connectivity index (χ2n) is 14.4. The third-order valence-electron chi connectivity index (χ3n) is 11.2. The quantitative estimate of drug-likeness (QED) is 0.378. The van der Waals surface area contributed by atoms with Crippen LogP contribution >= 0.6 is 11.6 Å². The summed E-state index contributed by atoms with van der Waals surface area (Å²) in [6.07, 6.45) is 6.26. The molecule has 49 heavy (non-hydrogen) atoms. The largest absolute Gasteiger partial charge is 0.487 e. The first-order valence-electron chi connectivity index (χ1n) is 17.9. The van der Waals surface area contributed by atoms with Crippen molar-refractivity contribution in [1.29, 1.82) is 0 Å². The van der Waals surface area contributed by atoms with Crippen molar-refractivity contribution < 1.29 is 27.8 Å². The molecule has 0 aromatic heterocycles. The summed E-state index contributed by atoms with van der Waals surface area (Å²) in [5, 5.41) is 12.3. The van der Waals surface area contributed by atoms with E-state index in [0.717, 1.165) is 62.0 Å². The van der Waals surface area contributed by atoms with Crippen LogP contribution in [0.4, 0.5) is 5.69 Å². The molecule has 2 aromatic rings. The van der Waals surface area contributed by atoms with Gasteiger partial charge in [-0.15, -0.1) is 0 Å². The molecule has 9 nitrogen and oxygen atoms in total. The number of nitrogens with zero attached hydrogens (tertiary/aromatic N) is 2. The van der Waals surface area contributed by atoms with Crippen LogP contribution in [0.5, 0.6) is 5.75 Å². The Morgan fingerprint density at radius 2 is 1.84 bits per heavy atom. The van der Waals surface area contributed by atoms with Gasteiger partial charge in [-0.3, -0.25) is 9.69 Å². The third kappa shape index (κ3) is 8.57. The molecule has 266 valence electrons. The van der Waals surface area contributed by atoms with E-state index in [1.54, 1.807) is 25.1 Å². The van der Waals surface area contributed by atoms with Gasteiger partial charge in [-0.05, 0) is 112 Å². The van der Waals surface area contributed by atoms with Crippen molar-refractivity contribution in [2.75, 3.05) is 50.8 Å². The van der Waals surface area contributed by atoms with Crippen molar-refractivity contribution in [3.05, 3.63) is 58.1 Å². The molecule has 5 atom stereocenters. The Balaban J connectivity index is 1.36. The van der Waals surface area contributed by atoms with E-state index >= 15 is 0 Å². The van der Waals surface area contributed by atoms with Crippen molar-refractivity contribution in [3.63, 3.8) is 0 Å². The number of ether oxygens (including phenoxy) is 2. The molecule has 2 aromatic carbocycles. The highest BCUT2D eigenvalue weighted by Gasteiger charge is 2.46. The molecule has 4 aliphatic rings. The van der Waals surface area contributed by atoms with Gasteiger partial charge >= 0.3 is 0 Å². The van der Waals surface area contributed by atoms with E-state index in [-0.39, 0.29) is 23.3 Å². The minimum Gasteiger partial charge on any atom is -0.487 e. The standard InChI is InChI=1S/C38H50ClN3O6S/c1-27-7-5-15-38(44,16-6-17-41-19-21-47-22-20-41)34-13-10-31(34)25-42-18-4-3-8-29-23-33(39)12-9-32(29)26-48-36-14-11-30(24-35(36)42)37(43)40-49(45,46)28(27)2/h9,11-12,14,23-24,27-28,31,34,44H,3-5,7-8,10,13,15,17-22,25-26H2,1-2H3,(H,40,43)/t27-,28+,31-,34+,38+/m0/s1. The normalized spacial score (nSPS) is 29.7. The maximum atomic E-state index is 13.5. The van der Waals surface area contributed by atoms with Gasteiger partial charge in [0.25, 0.3) is 5.91 Å². The van der Waals surface area contributed by atoms with Crippen LogP contribution in [-0.2, 0) is 27.8 Å². The lowest BCUT2D eigenvalue weighted by Crippen LogP contribution is -2.50. The van der Waals surface area contributed by atoms with E-state index < -0.39 is 26.8 Å². The number of hydrogen-bond donors (Lipinski definition) is 2. The predicted octanol–water partition coefficient (Wildman–Crippen LogP) is 5.42. The molecule has 2 bridgehead atoms. The number of fused-ring (bicyclic) bond motifs is 3. The van der Waals surface area contributed by atoms with Crippen molar-refractivity contribution in [2.45, 2.75) is 82.7 Å². The summed E-state index contributed by atoms with van der Waals surface area (Å²) in [4.78, 5) is 18.0. The van der Waals surface area contributed by atoms with Gasteiger partial charge in [-0.1, -0.05) is 36.4 Å². The number of anilines is 1. The number of aliphatic hydroxyl groups is 1. The molecule has 0 unspecified atom stereocenters. The van der Waals surface area contributed by atoms with Gasteiger partial charge in [-0.25, -0.2) is 13.1 Å². The number of hydrogen-bond acceptors (Lipinski definition) is 8. The van der Waals surface area contributed by atoms with Crippen LogP contribution in [-0.4, -0.2) is 81.1 Å². The molecule has 6 rings (SSSR count). The molecule has 3 heterocycles. The minimum absolute atomic E-state index is 0.0190. The Bertz CT molecular complexity index is 1670. The number of nitrogens with one attached hydrogen (secondary N) is 1. The molecular weight excluding hydrogens is 662 g/mol. The number of amides is 1. The SMILES string of the molecule is C[C@@H]1[C@@H](C)CCC[C@@](O)(C#CCN2CCOCC2)[C@@H]2CC[C@H]2CN2CCCCc3cc(Cl)ccc3COc3ccc(cc32)C(=O)NS1(=O)=O. The fraction of sp³-hybridized carbons (Fsp3) is 0.605. The zero-order valence-electron chi connectivity index (χ0n) is 28.8. The molecule has 1 saturated carbocycles. The second-order valence-corrected chi connectivity index (χ2v) is 16.9. The Morgan fingerprint density at radius 1 is 1.02 bits per heavy atom. The lowest BCUT2D eigenvalue weighted by Gasteiger charge is -2.47. The molecule has 1 amide bonds. The molecular formula is C38H50ClN3O6S. The van der Waals surface area contributed by atoms with E-state index in [1.807, 2.05) is 25.1 Å². The number of carbonyl (C=O) groups is 1. The second kappa shape index (κ2) is 15.6. The van der Waals surface area contributed by atoms with Crippen LogP contribution in [0, 0.1) is 29.6 Å². The third-order valence-corrected chi connectivity index (χ3v) is 13.3. The molecule has 3 aliphatic heterocycles. The average Bonchev–Trinajstić information content (AvgIpc) is 3.09. The zero-order valence-corrected chi connectivity index (χ0v) is 30.3. The highest BCUT2D eigenvalue weighted by molar-refractivity contribution is 7.90. The number of morpholine rings is 1. The number of benzene rings is 2. The Hall–Kier alpha value is -2.81. The molecule has 11 heteroatoms. The van der Waals surface area contributed by atoms with E-state index in [0.29, 0.717) is 69.5 Å². The maximum Gasteiger partial charge on any atom is 0.264 e. The van der Waals surface area contributed by atoms with Crippen LogP contribution in [0.3, 0.4) is 0 Å². The molecule has 0 radical (unpaired) electrons. The maximum absolute atomic E-state index is 13.5. The van der Waals surface area contributed by atoms with E-state index in [1.165, 1.54) is 0 Å². The number of sulfonamides is 1. The molecule has 1 saturated heterocycles. The fourth-order valence-electron chi connectivity index (χ4n) is 7.70. The highest BCUT2D eigenvalue weighted by Crippen LogP contribution is 2.46. The van der Waals surface area contributed by atoms with Crippen LogP contribution in [0.15, 0.2) is 36.4 Å². The minimum atomic E-state index is -3.96. The summed E-state index contributed by atoms with van der Waals surface area (Å²) in [6.45, 7) is 8.90. The van der Waals surface area contributed by atoms with Gasteiger partial charge in [0.05, 0.1) is 30.7 Å². The zero-order chi connectivity index (χ0) is 34.6. The van der Waals surface area contributed by atoms with Crippen LogP contribution in [0.2, 0.25) is 5.02 Å². The molecule has 1 aliphatic carbocycles. The highest BCUT2D eigenvalue weighted by atomic mass is 35.5. The van der Waals surface area contributed by atoms with Gasteiger partial charge in [-0.2, -0.15) is 0 Å². The summed E-state index contributed by atoms with van der Waals surface area (Å²) in [5.74, 6) is 6.61. The molecule has 0 spiro atoms. The van der Waals surface area contributed by atoms with Crippen LogP contribution in [0.25, 0.3) is 0 Å². The monoisotopic (exact) mass is 711 g/mol. The smallest absolute Gasteiger partial charge is 0.264 e. The van der Waals surface area contributed by atoms with Gasteiger partial charge in [0, 0.05) is 42.7 Å². The van der Waals surface area contributed by atoms with Crippen molar-refractivity contribution in [2.24, 2.45) is 17.8 Å². The van der Waals surface area contributed by atoms with Crippen LogP contribution < -0.4 is 14.4 Å². The van der Waals surface area contributed by atoms with Gasteiger partial charge < -0.3 is 19.5 Å². The topological polar surface area (TPSA) is 108 Å². The number of carbonyl (C=O) groups excluding carboxylic acids is 1. The van der Waals surface area contributed by atoms with Gasteiger partial charge in [0.15, 0.2) is 0 Å². The Labute approximate surface area is 296 Å². The lowest BCUT2D eigenvalue weighted by molar-refractivity contribution is -0.0448. The summed E-state index contributed by atoms with van der Waals surface area (Å²) in [5.41, 5.74) is 2.06. The lowest BCUT2D eigenvalue weighted by atomic mass is 9.63. The Morgan fingerprint density at radius 3 is 2.61 bits per heavy atom. The first-order valence-corrected chi connectivity index (χ1v) is 19.8. The first kappa shape index (κ1) is 36.0. The summed E-state index contributed by atoms with van der Waals surface area (Å²) in [7, 11) is -3.96. The van der Waals surface area contributed by atoms with Gasteiger partial charge in [0.1, 0.15) is 18.0 Å². The molecule has 2 N–H and O–H groups in total. The van der Waals surface area contributed by atoms with Crippen molar-refractivity contribution in [1.82, 2.24) is 9.62 Å². The molecule has 2 fully saturated rings. The van der Waals surface area contributed by atoms with E-state index in [9.17, 15) is 18.3 Å². The number of halogens is 1. The van der Waals surface area contributed by atoms with E-state index in [2.05, 4.69) is 26.4 Å². The van der Waals surface area contributed by atoms with Crippen molar-refractivity contribution >= 4 is 33.2 Å². The fourth-order valence-corrected chi connectivity index (χ4v) is 9.20. The van der Waals surface area contributed by atoms with Crippen LogP contribution in [0.1, 0.15) is 80.3 Å². The van der Waals surface area contributed by atoms with E-state index in [4.69, 9.17) is 21.1 Å². The predicted molar refractivity (Wildman–Crippen MR) is 192 cm³/mol. The summed E-state index contributed by atoms with van der Waals surface area (Å²) >= 11 is 6.36. The van der Waals surface area contributed by atoms with Gasteiger partial charge in [0.2, 0.25) is 10.0 Å². The summed E-state index contributed by atoms with van der Waals surface area (Å²) in [6, 6.07) is 11.1. The average molecular weight is 712 g/mol.